The third kappa shape index (κ3) is 2.82. The molecule has 3 nitrogen and oxygen atoms in total. The summed E-state index contributed by atoms with van der Waals surface area (Å²) in [5, 5.41) is 0. The lowest BCUT2D eigenvalue weighted by Gasteiger charge is -2.02. The van der Waals surface area contributed by atoms with Crippen LogP contribution in [0.25, 0.3) is 0 Å². The predicted octanol–water partition coefficient (Wildman–Crippen LogP) is 1.82. The van der Waals surface area contributed by atoms with E-state index in [0.717, 1.165) is 12.8 Å². The SMILES string of the molecule is O=S(Oc1ccccc1)OC1CC1. The molecule has 1 saturated carbocycles. The average molecular weight is 198 g/mol. The summed E-state index contributed by atoms with van der Waals surface area (Å²) in [7, 11) is 0. The molecule has 2 rings (SSSR count). The van der Waals surface area contributed by atoms with E-state index in [0.29, 0.717) is 5.75 Å². The van der Waals surface area contributed by atoms with Crippen molar-refractivity contribution >= 4 is 11.4 Å². The van der Waals surface area contributed by atoms with Gasteiger partial charge in [-0.25, -0.2) is 0 Å². The van der Waals surface area contributed by atoms with E-state index in [1.165, 1.54) is 0 Å². The minimum atomic E-state index is -1.64. The third-order valence-corrected chi connectivity index (χ3v) is 2.40. The van der Waals surface area contributed by atoms with Gasteiger partial charge in [-0.1, -0.05) is 18.2 Å². The second kappa shape index (κ2) is 3.89. The first-order chi connectivity index (χ1) is 6.34. The Morgan fingerprint density at radius 3 is 2.54 bits per heavy atom. The monoisotopic (exact) mass is 198 g/mol. The Kier molecular flexibility index (Phi) is 2.61. The fraction of sp³-hybridized carbons (Fsp3) is 0.333. The summed E-state index contributed by atoms with van der Waals surface area (Å²) >= 11 is -1.64. The Morgan fingerprint density at radius 2 is 1.92 bits per heavy atom. The van der Waals surface area contributed by atoms with E-state index in [1.54, 1.807) is 12.1 Å². The van der Waals surface area contributed by atoms with Crippen molar-refractivity contribution in [2.45, 2.75) is 18.9 Å². The van der Waals surface area contributed by atoms with Crippen LogP contribution in [0.3, 0.4) is 0 Å². The molecule has 1 aliphatic carbocycles. The summed E-state index contributed by atoms with van der Waals surface area (Å²) in [6.07, 6.45) is 2.12. The van der Waals surface area contributed by atoms with Gasteiger partial charge >= 0.3 is 11.4 Å². The number of rotatable bonds is 4. The first-order valence-corrected chi connectivity index (χ1v) is 5.17. The zero-order valence-electron chi connectivity index (χ0n) is 7.01. The largest absolute Gasteiger partial charge is 0.380 e. The maximum Gasteiger partial charge on any atom is 0.360 e. The van der Waals surface area contributed by atoms with Gasteiger partial charge in [0.2, 0.25) is 0 Å². The molecule has 0 saturated heterocycles. The first kappa shape index (κ1) is 8.72. The molecule has 1 aromatic carbocycles. The smallest absolute Gasteiger partial charge is 0.360 e. The molecule has 0 N–H and O–H groups in total. The molecule has 1 fully saturated rings. The molecule has 4 heteroatoms. The summed E-state index contributed by atoms with van der Waals surface area (Å²) in [6, 6.07) is 9.01. The van der Waals surface area contributed by atoms with Gasteiger partial charge in [-0.3, -0.25) is 4.18 Å². The molecule has 1 aromatic rings. The Bertz CT molecular complexity index is 295. The van der Waals surface area contributed by atoms with Crippen molar-refractivity contribution in [2.75, 3.05) is 0 Å². The van der Waals surface area contributed by atoms with Crippen LogP contribution in [0.15, 0.2) is 30.3 Å². The molecule has 0 aliphatic heterocycles. The second-order valence-corrected chi connectivity index (χ2v) is 3.66. The first-order valence-electron chi connectivity index (χ1n) is 4.17. The van der Waals surface area contributed by atoms with Crippen LogP contribution in [0, 0.1) is 0 Å². The normalized spacial score (nSPS) is 18.2. The molecular formula is C9H10O3S. The van der Waals surface area contributed by atoms with E-state index >= 15 is 0 Å². The quantitative estimate of drug-likeness (QED) is 0.740. The summed E-state index contributed by atoms with van der Waals surface area (Å²) in [4.78, 5) is 0. The summed E-state index contributed by atoms with van der Waals surface area (Å²) in [6.45, 7) is 0. The standard InChI is InChI=1S/C9H10O3S/c10-13(12-9-6-7-9)11-8-4-2-1-3-5-8/h1-5,9H,6-7H2. The Morgan fingerprint density at radius 1 is 1.23 bits per heavy atom. The summed E-state index contributed by atoms with van der Waals surface area (Å²) in [5.41, 5.74) is 0. The minimum Gasteiger partial charge on any atom is -0.380 e. The fourth-order valence-corrected chi connectivity index (χ4v) is 1.57. The highest BCUT2D eigenvalue weighted by molar-refractivity contribution is 7.75. The maximum atomic E-state index is 11.1. The topological polar surface area (TPSA) is 35.5 Å². The van der Waals surface area contributed by atoms with Gasteiger partial charge in [0.05, 0.1) is 6.10 Å². The van der Waals surface area contributed by atoms with Gasteiger partial charge in [-0.05, 0) is 25.0 Å². The van der Waals surface area contributed by atoms with Crippen LogP contribution in [0.1, 0.15) is 12.8 Å². The summed E-state index contributed by atoms with van der Waals surface area (Å²) < 4.78 is 21.2. The van der Waals surface area contributed by atoms with Crippen LogP contribution in [-0.2, 0) is 15.5 Å². The molecule has 0 spiro atoms. The lowest BCUT2D eigenvalue weighted by Crippen LogP contribution is -2.05. The number of hydrogen-bond acceptors (Lipinski definition) is 3. The lowest BCUT2D eigenvalue weighted by atomic mass is 10.3. The molecular weight excluding hydrogens is 188 g/mol. The highest BCUT2D eigenvalue weighted by Crippen LogP contribution is 2.25. The molecule has 0 bridgehead atoms. The van der Waals surface area contributed by atoms with Crippen molar-refractivity contribution < 1.29 is 12.6 Å². The van der Waals surface area contributed by atoms with Crippen LogP contribution in [0.2, 0.25) is 0 Å². The van der Waals surface area contributed by atoms with Gasteiger partial charge < -0.3 is 4.18 Å². The highest BCUT2D eigenvalue weighted by atomic mass is 32.2. The molecule has 0 heterocycles. The predicted molar refractivity (Wildman–Crippen MR) is 49.3 cm³/mol. The van der Waals surface area contributed by atoms with Crippen LogP contribution in [0.5, 0.6) is 5.75 Å². The lowest BCUT2D eigenvalue weighted by molar-refractivity contribution is 0.298. The minimum absolute atomic E-state index is 0.143. The van der Waals surface area contributed by atoms with Crippen molar-refractivity contribution in [1.82, 2.24) is 0 Å². The van der Waals surface area contributed by atoms with Crippen LogP contribution in [0.4, 0.5) is 0 Å². The van der Waals surface area contributed by atoms with E-state index < -0.39 is 11.4 Å². The zero-order chi connectivity index (χ0) is 9.10. The van der Waals surface area contributed by atoms with Crippen molar-refractivity contribution in [3.05, 3.63) is 30.3 Å². The van der Waals surface area contributed by atoms with Crippen molar-refractivity contribution in [2.24, 2.45) is 0 Å². The molecule has 1 aliphatic rings. The number of benzene rings is 1. The highest BCUT2D eigenvalue weighted by Gasteiger charge is 2.26. The molecule has 70 valence electrons. The van der Waals surface area contributed by atoms with Crippen molar-refractivity contribution in [3.8, 4) is 5.75 Å². The summed E-state index contributed by atoms with van der Waals surface area (Å²) in [5.74, 6) is 0.571. The van der Waals surface area contributed by atoms with E-state index in [2.05, 4.69) is 0 Å². The Balaban J connectivity index is 1.86. The second-order valence-electron chi connectivity index (χ2n) is 2.90. The molecule has 13 heavy (non-hydrogen) atoms. The Hall–Kier alpha value is -0.870. The fourth-order valence-electron chi connectivity index (χ4n) is 0.850. The number of para-hydroxylation sites is 1. The van der Waals surface area contributed by atoms with Crippen LogP contribution in [-0.4, -0.2) is 10.3 Å². The molecule has 1 atom stereocenters. The van der Waals surface area contributed by atoms with Gasteiger partial charge in [0.25, 0.3) is 0 Å². The maximum absolute atomic E-state index is 11.1. The van der Waals surface area contributed by atoms with Crippen molar-refractivity contribution in [1.29, 1.82) is 0 Å². The van der Waals surface area contributed by atoms with Crippen LogP contribution < -0.4 is 4.18 Å². The molecule has 1 unspecified atom stereocenters. The van der Waals surface area contributed by atoms with E-state index in [1.807, 2.05) is 18.2 Å². The third-order valence-electron chi connectivity index (χ3n) is 1.65. The van der Waals surface area contributed by atoms with Gasteiger partial charge in [-0.2, -0.15) is 4.21 Å². The van der Waals surface area contributed by atoms with Gasteiger partial charge in [-0.15, -0.1) is 0 Å². The van der Waals surface area contributed by atoms with Gasteiger partial charge in [0.15, 0.2) is 0 Å². The van der Waals surface area contributed by atoms with E-state index in [4.69, 9.17) is 8.37 Å². The van der Waals surface area contributed by atoms with Gasteiger partial charge in [0.1, 0.15) is 5.75 Å². The van der Waals surface area contributed by atoms with Crippen LogP contribution >= 0.6 is 0 Å². The average Bonchev–Trinajstić information content (AvgIpc) is 2.90. The van der Waals surface area contributed by atoms with E-state index in [-0.39, 0.29) is 6.10 Å². The van der Waals surface area contributed by atoms with Gasteiger partial charge in [0, 0.05) is 0 Å². The van der Waals surface area contributed by atoms with E-state index in [9.17, 15) is 4.21 Å². The Labute approximate surface area is 79.5 Å². The van der Waals surface area contributed by atoms with Crippen molar-refractivity contribution in [3.63, 3.8) is 0 Å². The molecule has 0 amide bonds. The number of hydrogen-bond donors (Lipinski definition) is 0. The molecule has 0 radical (unpaired) electrons. The molecule has 0 aromatic heterocycles. The zero-order valence-corrected chi connectivity index (χ0v) is 7.83.